The topological polar surface area (TPSA) is 43.8 Å². The monoisotopic (exact) mass is 341 g/mol. The number of halogens is 1. The zero-order valence-corrected chi connectivity index (χ0v) is 13.7. The first-order valence-corrected chi connectivity index (χ1v) is 8.29. The number of rotatable bonds is 6. The van der Waals surface area contributed by atoms with Gasteiger partial charge in [-0.2, -0.15) is 5.10 Å². The van der Waals surface area contributed by atoms with E-state index in [1.807, 2.05) is 6.07 Å². The first-order chi connectivity index (χ1) is 9.13. The fourth-order valence-electron chi connectivity index (χ4n) is 2.21. The van der Waals surface area contributed by atoms with Gasteiger partial charge in [-0.05, 0) is 47.0 Å². The Morgan fingerprint density at radius 2 is 2.05 bits per heavy atom. The van der Waals surface area contributed by atoms with E-state index in [2.05, 4.69) is 57.9 Å². The number of nitrogens with two attached hydrogens (primary N) is 1. The molecule has 0 aliphatic carbocycles. The highest BCUT2D eigenvalue weighted by Gasteiger charge is 2.13. The van der Waals surface area contributed by atoms with Gasteiger partial charge in [-0.1, -0.05) is 13.8 Å². The predicted molar refractivity (Wildman–Crippen MR) is 84.5 cm³/mol. The summed E-state index contributed by atoms with van der Waals surface area (Å²) in [5, 5.41) is 4.65. The van der Waals surface area contributed by atoms with Gasteiger partial charge in [0, 0.05) is 23.5 Å². The van der Waals surface area contributed by atoms with Crippen molar-refractivity contribution in [1.29, 1.82) is 0 Å². The molecule has 0 fully saturated rings. The summed E-state index contributed by atoms with van der Waals surface area (Å²) in [6.45, 7) is 4.40. The van der Waals surface area contributed by atoms with Crippen molar-refractivity contribution in [2.45, 2.75) is 45.2 Å². The molecule has 0 radical (unpaired) electrons. The molecule has 0 saturated heterocycles. The number of hydrogen-bond acceptors (Lipinski definition) is 3. The zero-order valence-electron chi connectivity index (χ0n) is 11.3. The molecule has 1 unspecified atom stereocenters. The maximum atomic E-state index is 6.23. The average Bonchev–Trinajstić information content (AvgIpc) is 3.00. The van der Waals surface area contributed by atoms with Crippen molar-refractivity contribution in [1.82, 2.24) is 9.78 Å². The molecule has 2 rings (SSSR count). The first-order valence-electron chi connectivity index (χ1n) is 6.68. The van der Waals surface area contributed by atoms with E-state index in [1.54, 1.807) is 11.3 Å². The molecular weight excluding hydrogens is 322 g/mol. The third-order valence-electron chi connectivity index (χ3n) is 3.37. The molecule has 19 heavy (non-hydrogen) atoms. The summed E-state index contributed by atoms with van der Waals surface area (Å²) in [7, 11) is 0. The Hall–Kier alpha value is -0.650. The molecule has 2 heterocycles. The van der Waals surface area contributed by atoms with Crippen LogP contribution in [0.15, 0.2) is 28.2 Å². The number of nitrogens with zero attached hydrogens (tertiary/aromatic N) is 2. The van der Waals surface area contributed by atoms with Gasteiger partial charge in [0.15, 0.2) is 0 Å². The van der Waals surface area contributed by atoms with Gasteiger partial charge in [0.05, 0.1) is 15.5 Å². The Balaban J connectivity index is 2.03. The number of hydrogen-bond donors (Lipinski definition) is 1. The molecule has 104 valence electrons. The van der Waals surface area contributed by atoms with Crippen LogP contribution in [0.1, 0.15) is 49.3 Å². The fraction of sp³-hybridized carbons (Fsp3) is 0.500. The highest BCUT2D eigenvalue weighted by molar-refractivity contribution is 9.11. The van der Waals surface area contributed by atoms with Crippen molar-refractivity contribution in [3.8, 4) is 0 Å². The van der Waals surface area contributed by atoms with Crippen LogP contribution in [0, 0.1) is 0 Å². The van der Waals surface area contributed by atoms with E-state index in [1.165, 1.54) is 4.88 Å². The van der Waals surface area contributed by atoms with Crippen LogP contribution < -0.4 is 5.73 Å². The van der Waals surface area contributed by atoms with Crippen LogP contribution in [0.25, 0.3) is 0 Å². The lowest BCUT2D eigenvalue weighted by Crippen LogP contribution is -2.13. The Morgan fingerprint density at radius 1 is 1.32 bits per heavy atom. The van der Waals surface area contributed by atoms with Crippen molar-refractivity contribution < 1.29 is 0 Å². The van der Waals surface area contributed by atoms with E-state index in [-0.39, 0.29) is 6.04 Å². The second kappa shape index (κ2) is 6.68. The number of aromatic nitrogens is 2. The zero-order chi connectivity index (χ0) is 13.8. The summed E-state index contributed by atoms with van der Waals surface area (Å²) >= 11 is 5.17. The molecule has 0 aliphatic rings. The molecule has 0 aliphatic heterocycles. The minimum absolute atomic E-state index is 0.0290. The normalized spacial score (nSPS) is 13.1. The van der Waals surface area contributed by atoms with Gasteiger partial charge in [-0.3, -0.25) is 4.68 Å². The smallest absolute Gasteiger partial charge is 0.0701 e. The fourth-order valence-corrected chi connectivity index (χ4v) is 3.63. The quantitative estimate of drug-likeness (QED) is 0.850. The van der Waals surface area contributed by atoms with Crippen LogP contribution in [0.2, 0.25) is 0 Å². The molecule has 0 bridgehead atoms. The van der Waals surface area contributed by atoms with Crippen LogP contribution in [-0.2, 0) is 6.42 Å². The second-order valence-electron chi connectivity index (χ2n) is 4.71. The van der Waals surface area contributed by atoms with Gasteiger partial charge in [-0.25, -0.2) is 0 Å². The van der Waals surface area contributed by atoms with E-state index < -0.39 is 0 Å². The molecule has 0 spiro atoms. The van der Waals surface area contributed by atoms with Crippen molar-refractivity contribution >= 4 is 27.3 Å². The van der Waals surface area contributed by atoms with Crippen molar-refractivity contribution in [2.75, 3.05) is 0 Å². The van der Waals surface area contributed by atoms with Gasteiger partial charge in [0.1, 0.15) is 0 Å². The van der Waals surface area contributed by atoms with Crippen molar-refractivity contribution in [3.63, 3.8) is 0 Å². The molecule has 1 atom stereocenters. The maximum absolute atomic E-state index is 6.23. The molecular formula is C14H20BrN3S. The first kappa shape index (κ1) is 14.8. The SMILES string of the molecule is CCC(CC)n1ccc(CC(N)c2ccc(Br)s2)n1. The Kier molecular flexibility index (Phi) is 5.19. The summed E-state index contributed by atoms with van der Waals surface area (Å²) < 4.78 is 3.20. The van der Waals surface area contributed by atoms with Crippen molar-refractivity contribution in [2.24, 2.45) is 5.73 Å². The predicted octanol–water partition coefficient (Wildman–Crippen LogP) is 4.31. The molecule has 0 saturated carbocycles. The summed E-state index contributed by atoms with van der Waals surface area (Å²) in [6.07, 6.45) is 5.09. The van der Waals surface area contributed by atoms with E-state index >= 15 is 0 Å². The van der Waals surface area contributed by atoms with Crippen LogP contribution in [0.4, 0.5) is 0 Å². The van der Waals surface area contributed by atoms with Crippen molar-refractivity contribution in [3.05, 3.63) is 38.8 Å². The molecule has 3 nitrogen and oxygen atoms in total. The third kappa shape index (κ3) is 3.68. The molecule has 2 aromatic heterocycles. The lowest BCUT2D eigenvalue weighted by Gasteiger charge is -2.12. The maximum Gasteiger partial charge on any atom is 0.0701 e. The standard InChI is InChI=1S/C14H20BrN3S/c1-3-11(4-2)18-8-7-10(17-18)9-12(16)13-5-6-14(15)19-13/h5-8,11-12H,3-4,9,16H2,1-2H3. The number of thiophene rings is 1. The van der Waals surface area contributed by atoms with E-state index in [0.29, 0.717) is 6.04 Å². The van der Waals surface area contributed by atoms with Gasteiger partial charge < -0.3 is 5.73 Å². The van der Waals surface area contributed by atoms with Crippen LogP contribution in [-0.4, -0.2) is 9.78 Å². The molecule has 2 N–H and O–H groups in total. The minimum atomic E-state index is 0.0290. The highest BCUT2D eigenvalue weighted by Crippen LogP contribution is 2.27. The van der Waals surface area contributed by atoms with E-state index in [9.17, 15) is 0 Å². The van der Waals surface area contributed by atoms with Gasteiger partial charge in [0.2, 0.25) is 0 Å². The highest BCUT2D eigenvalue weighted by atomic mass is 79.9. The molecule has 0 amide bonds. The minimum Gasteiger partial charge on any atom is -0.323 e. The van der Waals surface area contributed by atoms with E-state index in [4.69, 9.17) is 5.73 Å². The Morgan fingerprint density at radius 3 is 2.63 bits per heavy atom. The van der Waals surface area contributed by atoms with Gasteiger partial charge in [0.25, 0.3) is 0 Å². The van der Waals surface area contributed by atoms with E-state index in [0.717, 1.165) is 28.7 Å². The summed E-state index contributed by atoms with van der Waals surface area (Å²) in [5.41, 5.74) is 7.30. The summed E-state index contributed by atoms with van der Waals surface area (Å²) in [6, 6.07) is 6.74. The Labute approximate surface area is 126 Å². The van der Waals surface area contributed by atoms with Gasteiger partial charge >= 0.3 is 0 Å². The summed E-state index contributed by atoms with van der Waals surface area (Å²) in [5.74, 6) is 0. The Bertz CT molecular complexity index is 516. The van der Waals surface area contributed by atoms with Crippen LogP contribution in [0.5, 0.6) is 0 Å². The lowest BCUT2D eigenvalue weighted by atomic mass is 10.1. The lowest BCUT2D eigenvalue weighted by molar-refractivity contribution is 0.424. The summed E-state index contributed by atoms with van der Waals surface area (Å²) in [4.78, 5) is 1.20. The largest absolute Gasteiger partial charge is 0.323 e. The molecule has 0 aromatic carbocycles. The average molecular weight is 342 g/mol. The molecule has 5 heteroatoms. The molecule has 2 aromatic rings. The van der Waals surface area contributed by atoms with Gasteiger partial charge in [-0.15, -0.1) is 11.3 Å². The third-order valence-corrected chi connectivity index (χ3v) is 5.12. The van der Waals surface area contributed by atoms with Crippen LogP contribution in [0.3, 0.4) is 0 Å². The second-order valence-corrected chi connectivity index (χ2v) is 7.20. The van der Waals surface area contributed by atoms with Crippen LogP contribution >= 0.6 is 27.3 Å².